The minimum atomic E-state index is -4.42. The zero-order valence-corrected chi connectivity index (χ0v) is 21.7. The molecule has 0 bridgehead atoms. The lowest BCUT2D eigenvalue weighted by Gasteiger charge is -2.33. The van der Waals surface area contributed by atoms with E-state index < -0.39 is 27.0 Å². The van der Waals surface area contributed by atoms with Gasteiger partial charge in [-0.05, 0) is 64.0 Å². The van der Waals surface area contributed by atoms with E-state index in [1.807, 2.05) is 6.92 Å². The molecule has 3 heterocycles. The number of carbonyl (C=O) groups is 1. The summed E-state index contributed by atoms with van der Waals surface area (Å²) in [6.07, 6.45) is -2.31. The van der Waals surface area contributed by atoms with E-state index in [4.69, 9.17) is 0 Å². The van der Waals surface area contributed by atoms with Crippen molar-refractivity contribution in [3.63, 3.8) is 0 Å². The molecule has 1 amide bonds. The number of sulfonamides is 1. The maximum atomic E-state index is 13.6. The van der Waals surface area contributed by atoms with Crippen molar-refractivity contribution in [2.75, 3.05) is 19.6 Å². The second kappa shape index (κ2) is 10.2. The number of hydrogen-bond donors (Lipinski definition) is 0. The Morgan fingerprint density at radius 3 is 2.42 bits per heavy atom. The lowest BCUT2D eigenvalue weighted by atomic mass is 9.86. The molecule has 1 aromatic heterocycles. The number of likely N-dealkylation sites (tertiary alicyclic amines) is 1. The van der Waals surface area contributed by atoms with Crippen molar-refractivity contribution in [3.8, 4) is 0 Å². The van der Waals surface area contributed by atoms with Crippen molar-refractivity contribution in [3.05, 3.63) is 52.3 Å². The first-order valence-corrected chi connectivity index (χ1v) is 14.0. The predicted octanol–water partition coefficient (Wildman–Crippen LogP) is 4.43. The summed E-state index contributed by atoms with van der Waals surface area (Å²) in [5, 5.41) is 4.00. The van der Waals surface area contributed by atoms with Crippen LogP contribution in [0.4, 0.5) is 13.2 Å². The largest absolute Gasteiger partial charge is 0.416 e. The molecule has 0 unspecified atom stereocenters. The van der Waals surface area contributed by atoms with E-state index in [9.17, 15) is 26.4 Å². The lowest BCUT2D eigenvalue weighted by Crippen LogP contribution is -2.40. The number of benzene rings is 1. The number of aromatic nitrogens is 2. The Morgan fingerprint density at radius 2 is 1.81 bits per heavy atom. The number of alkyl halides is 3. The van der Waals surface area contributed by atoms with E-state index >= 15 is 0 Å². The van der Waals surface area contributed by atoms with Gasteiger partial charge in [0.1, 0.15) is 0 Å². The molecule has 4 rings (SSSR count). The van der Waals surface area contributed by atoms with Crippen molar-refractivity contribution in [1.29, 1.82) is 0 Å². The molecule has 0 aliphatic carbocycles. The second-order valence-electron chi connectivity index (χ2n) is 9.77. The SMILES string of the molecule is CCn1nc(C(=O)N2CCC(c3ccccc3C(F)(F)F)CC2)c2c1CCCN(S(=O)(=O)C(C)C)C2. The van der Waals surface area contributed by atoms with Crippen LogP contribution in [0.15, 0.2) is 24.3 Å². The molecular weight excluding hydrogens is 493 g/mol. The van der Waals surface area contributed by atoms with Crippen LogP contribution in [0.2, 0.25) is 0 Å². The Morgan fingerprint density at radius 1 is 1.14 bits per heavy atom. The fourth-order valence-electron chi connectivity index (χ4n) is 5.26. The molecule has 1 saturated heterocycles. The van der Waals surface area contributed by atoms with Gasteiger partial charge in [-0.2, -0.15) is 22.6 Å². The molecule has 1 fully saturated rings. The van der Waals surface area contributed by atoms with Gasteiger partial charge in [0.2, 0.25) is 10.0 Å². The van der Waals surface area contributed by atoms with Gasteiger partial charge in [0.05, 0.1) is 10.8 Å². The third-order valence-electron chi connectivity index (χ3n) is 7.27. The number of piperidine rings is 1. The average Bonchev–Trinajstić information content (AvgIpc) is 3.03. The number of halogens is 3. The number of aryl methyl sites for hydroxylation is 1. The Labute approximate surface area is 210 Å². The predicted molar refractivity (Wildman–Crippen MR) is 130 cm³/mol. The number of nitrogens with zero attached hydrogens (tertiary/aromatic N) is 4. The number of rotatable bonds is 5. The Kier molecular flexibility index (Phi) is 7.52. The average molecular weight is 527 g/mol. The molecule has 2 aliphatic heterocycles. The van der Waals surface area contributed by atoms with Gasteiger partial charge in [0, 0.05) is 44.0 Å². The minimum Gasteiger partial charge on any atom is -0.337 e. The summed E-state index contributed by atoms with van der Waals surface area (Å²) < 4.78 is 69.5. The summed E-state index contributed by atoms with van der Waals surface area (Å²) >= 11 is 0. The van der Waals surface area contributed by atoms with Crippen LogP contribution < -0.4 is 0 Å². The van der Waals surface area contributed by atoms with Crippen LogP contribution >= 0.6 is 0 Å². The monoisotopic (exact) mass is 526 g/mol. The first-order valence-electron chi connectivity index (χ1n) is 12.5. The quantitative estimate of drug-likeness (QED) is 0.578. The molecule has 198 valence electrons. The van der Waals surface area contributed by atoms with Crippen molar-refractivity contribution >= 4 is 15.9 Å². The molecule has 0 N–H and O–H groups in total. The smallest absolute Gasteiger partial charge is 0.337 e. The summed E-state index contributed by atoms with van der Waals surface area (Å²) in [5.41, 5.74) is 1.44. The first kappa shape index (κ1) is 26.7. The Hall–Kier alpha value is -2.40. The fourth-order valence-corrected chi connectivity index (χ4v) is 6.55. The highest BCUT2D eigenvalue weighted by Gasteiger charge is 2.38. The zero-order valence-electron chi connectivity index (χ0n) is 20.9. The molecule has 0 saturated carbocycles. The standard InChI is InChI=1S/C25H33F3N4O3S/c1-4-32-22-10-7-13-31(36(34,35)17(2)3)16-20(22)23(29-32)24(33)30-14-11-18(12-15-30)19-8-5-6-9-21(19)25(26,27)28/h5-6,8-9,17-18H,4,7,10-16H2,1-3H3. The Bertz CT molecular complexity index is 1220. The van der Waals surface area contributed by atoms with Gasteiger partial charge in [0.25, 0.3) is 5.91 Å². The van der Waals surface area contributed by atoms with E-state index in [2.05, 4.69) is 5.10 Å². The van der Waals surface area contributed by atoms with Crippen LogP contribution in [0, 0.1) is 0 Å². The van der Waals surface area contributed by atoms with E-state index in [0.717, 1.165) is 11.8 Å². The highest BCUT2D eigenvalue weighted by Crippen LogP contribution is 2.39. The number of amides is 1. The van der Waals surface area contributed by atoms with Gasteiger partial charge in [-0.3, -0.25) is 9.48 Å². The maximum Gasteiger partial charge on any atom is 0.416 e. The number of hydrogen-bond acceptors (Lipinski definition) is 4. The topological polar surface area (TPSA) is 75.5 Å². The van der Waals surface area contributed by atoms with E-state index in [1.54, 1.807) is 29.5 Å². The molecular formula is C25H33F3N4O3S. The van der Waals surface area contributed by atoms with Crippen molar-refractivity contribution in [2.24, 2.45) is 0 Å². The van der Waals surface area contributed by atoms with Crippen LogP contribution in [-0.2, 0) is 35.7 Å². The van der Waals surface area contributed by atoms with Crippen LogP contribution in [0.25, 0.3) is 0 Å². The normalized spacial score (nSPS) is 18.4. The van der Waals surface area contributed by atoms with Gasteiger partial charge in [-0.15, -0.1) is 0 Å². The van der Waals surface area contributed by atoms with Crippen LogP contribution in [0.1, 0.15) is 78.8 Å². The van der Waals surface area contributed by atoms with Crippen molar-refractivity contribution < 1.29 is 26.4 Å². The lowest BCUT2D eigenvalue weighted by molar-refractivity contribution is -0.138. The first-order chi connectivity index (χ1) is 16.9. The molecule has 11 heteroatoms. The van der Waals surface area contributed by atoms with Gasteiger partial charge >= 0.3 is 6.18 Å². The summed E-state index contributed by atoms with van der Waals surface area (Å²) in [5.74, 6) is -0.575. The third kappa shape index (κ3) is 5.04. The zero-order chi connectivity index (χ0) is 26.3. The molecule has 36 heavy (non-hydrogen) atoms. The highest BCUT2D eigenvalue weighted by atomic mass is 32.2. The molecule has 2 aromatic rings. The summed E-state index contributed by atoms with van der Waals surface area (Å²) in [7, 11) is -3.51. The van der Waals surface area contributed by atoms with Crippen molar-refractivity contribution in [1.82, 2.24) is 19.0 Å². The van der Waals surface area contributed by atoms with Gasteiger partial charge in [-0.1, -0.05) is 18.2 Å². The molecule has 1 aromatic carbocycles. The minimum absolute atomic E-state index is 0.104. The summed E-state index contributed by atoms with van der Waals surface area (Å²) in [4.78, 5) is 15.2. The molecule has 0 radical (unpaired) electrons. The number of fused-ring (bicyclic) bond motifs is 1. The van der Waals surface area contributed by atoms with Crippen molar-refractivity contribution in [2.45, 2.75) is 76.9 Å². The van der Waals surface area contributed by atoms with Crippen LogP contribution in [-0.4, -0.2) is 58.2 Å². The van der Waals surface area contributed by atoms with Gasteiger partial charge in [0.15, 0.2) is 5.69 Å². The van der Waals surface area contributed by atoms with Crippen LogP contribution in [0.5, 0.6) is 0 Å². The molecule has 7 nitrogen and oxygen atoms in total. The highest BCUT2D eigenvalue weighted by molar-refractivity contribution is 7.89. The van der Waals surface area contributed by atoms with Crippen LogP contribution in [0.3, 0.4) is 0 Å². The van der Waals surface area contributed by atoms with Gasteiger partial charge < -0.3 is 4.90 Å². The fraction of sp³-hybridized carbons (Fsp3) is 0.600. The molecule has 0 atom stereocenters. The molecule has 0 spiro atoms. The van der Waals surface area contributed by atoms with E-state index in [-0.39, 0.29) is 29.6 Å². The molecule has 2 aliphatic rings. The Balaban J connectivity index is 1.56. The summed E-state index contributed by atoms with van der Waals surface area (Å²) in [6.45, 7) is 6.90. The summed E-state index contributed by atoms with van der Waals surface area (Å²) in [6, 6.07) is 5.64. The maximum absolute atomic E-state index is 13.6. The number of carbonyl (C=O) groups excluding carboxylic acids is 1. The van der Waals surface area contributed by atoms with E-state index in [0.29, 0.717) is 57.4 Å². The van der Waals surface area contributed by atoms with E-state index in [1.165, 1.54) is 16.4 Å². The third-order valence-corrected chi connectivity index (χ3v) is 9.49. The second-order valence-corrected chi connectivity index (χ2v) is 12.3. The van der Waals surface area contributed by atoms with Gasteiger partial charge in [-0.25, -0.2) is 8.42 Å².